The van der Waals surface area contributed by atoms with E-state index in [1.54, 1.807) is 12.3 Å². The quantitative estimate of drug-likeness (QED) is 0.488. The van der Waals surface area contributed by atoms with Gasteiger partial charge in [0.25, 0.3) is 5.95 Å². The average molecular weight is 282 g/mol. The number of aromatic nitrogens is 2. The fourth-order valence-electron chi connectivity index (χ4n) is 2.37. The van der Waals surface area contributed by atoms with Gasteiger partial charge in [-0.1, -0.05) is 30.3 Å². The number of rotatable bonds is 1. The molecule has 0 amide bonds. The Kier molecular flexibility index (Phi) is 2.47. The molecule has 102 valence electrons. The molecule has 5 heteroatoms. The zero-order valence-electron chi connectivity index (χ0n) is 10.7. The first-order valence-corrected chi connectivity index (χ1v) is 6.32. The van der Waals surface area contributed by atoms with Gasteiger partial charge in [0.05, 0.1) is 5.39 Å². The summed E-state index contributed by atoms with van der Waals surface area (Å²) in [4.78, 5) is 7.40. The van der Waals surface area contributed by atoms with E-state index in [1.807, 2.05) is 30.3 Å². The first-order chi connectivity index (χ1) is 10.2. The number of nitrogens with zero attached hydrogens (tertiary/aromatic N) is 2. The number of hydrogen-bond acceptors (Lipinski definition) is 3. The van der Waals surface area contributed by atoms with Gasteiger partial charge in [-0.3, -0.25) is 4.98 Å². The summed E-state index contributed by atoms with van der Waals surface area (Å²) < 4.78 is 32.3. The van der Waals surface area contributed by atoms with Crippen LogP contribution in [0.3, 0.4) is 0 Å². The fraction of sp³-hybridized carbons (Fsp3) is 0. The predicted octanol–water partition coefficient (Wildman–Crippen LogP) is 4.32. The summed E-state index contributed by atoms with van der Waals surface area (Å²) in [6, 6.07) is 12.5. The highest BCUT2D eigenvalue weighted by Crippen LogP contribution is 2.31. The van der Waals surface area contributed by atoms with Crippen LogP contribution in [0.1, 0.15) is 0 Å². The van der Waals surface area contributed by atoms with Crippen molar-refractivity contribution < 1.29 is 13.2 Å². The maximum atomic E-state index is 13.6. The number of furan rings is 1. The lowest BCUT2D eigenvalue weighted by molar-refractivity contribution is 0.503. The molecule has 0 fully saturated rings. The summed E-state index contributed by atoms with van der Waals surface area (Å²) in [5, 5.41) is 0.287. The molecule has 0 atom stereocenters. The van der Waals surface area contributed by atoms with Crippen LogP contribution in [0, 0.1) is 11.9 Å². The molecule has 0 radical (unpaired) electrons. The first kappa shape index (κ1) is 12.0. The molecule has 0 bridgehead atoms. The first-order valence-electron chi connectivity index (χ1n) is 6.32. The van der Waals surface area contributed by atoms with Crippen molar-refractivity contribution in [1.82, 2.24) is 9.97 Å². The summed E-state index contributed by atoms with van der Waals surface area (Å²) in [5.41, 5.74) is 2.56. The molecule has 0 aliphatic carbocycles. The van der Waals surface area contributed by atoms with E-state index < -0.39 is 11.9 Å². The van der Waals surface area contributed by atoms with Crippen molar-refractivity contribution in [1.29, 1.82) is 0 Å². The summed E-state index contributed by atoms with van der Waals surface area (Å²) in [6.07, 6.45) is 1.66. The van der Waals surface area contributed by atoms with Crippen LogP contribution in [0.15, 0.2) is 53.1 Å². The number of halogens is 2. The number of fused-ring (bicyclic) bond motifs is 3. The van der Waals surface area contributed by atoms with Gasteiger partial charge in [0.2, 0.25) is 5.95 Å². The molecule has 4 rings (SSSR count). The molecule has 0 aliphatic heterocycles. The van der Waals surface area contributed by atoms with Crippen LogP contribution in [0.4, 0.5) is 8.78 Å². The maximum Gasteiger partial charge on any atom is 0.259 e. The topological polar surface area (TPSA) is 38.9 Å². The average Bonchev–Trinajstić information content (AvgIpc) is 2.86. The van der Waals surface area contributed by atoms with Gasteiger partial charge in [-0.15, -0.1) is 0 Å². The molecule has 0 saturated heterocycles. The molecular formula is C16H8F2N2O. The third-order valence-corrected chi connectivity index (χ3v) is 3.33. The monoisotopic (exact) mass is 282 g/mol. The van der Waals surface area contributed by atoms with E-state index in [-0.39, 0.29) is 11.0 Å². The minimum Gasteiger partial charge on any atom is -0.449 e. The van der Waals surface area contributed by atoms with E-state index in [0.717, 1.165) is 17.2 Å². The third-order valence-electron chi connectivity index (χ3n) is 3.33. The van der Waals surface area contributed by atoms with Crippen LogP contribution in [0.25, 0.3) is 33.2 Å². The highest BCUT2D eigenvalue weighted by molar-refractivity contribution is 6.02. The lowest BCUT2D eigenvalue weighted by atomic mass is 10.1. The Hall–Kier alpha value is -2.82. The van der Waals surface area contributed by atoms with Crippen LogP contribution < -0.4 is 0 Å². The highest BCUT2D eigenvalue weighted by atomic mass is 19.1. The molecule has 0 spiro atoms. The molecule has 0 aliphatic rings. The summed E-state index contributed by atoms with van der Waals surface area (Å²) in [6.45, 7) is 0. The molecule has 0 saturated carbocycles. The maximum absolute atomic E-state index is 13.6. The van der Waals surface area contributed by atoms with Crippen molar-refractivity contribution in [2.75, 3.05) is 0 Å². The SMILES string of the molecule is Fc1cc2c(oc3cc(-c4ccccc4)cnc32)c(F)n1. The van der Waals surface area contributed by atoms with Gasteiger partial charge < -0.3 is 4.42 Å². The Bertz CT molecular complexity index is 964. The van der Waals surface area contributed by atoms with Gasteiger partial charge in [0, 0.05) is 17.8 Å². The van der Waals surface area contributed by atoms with Crippen LogP contribution >= 0.6 is 0 Å². The van der Waals surface area contributed by atoms with Gasteiger partial charge in [0.15, 0.2) is 11.2 Å². The Morgan fingerprint density at radius 1 is 0.952 bits per heavy atom. The van der Waals surface area contributed by atoms with Crippen LogP contribution in [0.5, 0.6) is 0 Å². The van der Waals surface area contributed by atoms with Crippen LogP contribution in [-0.4, -0.2) is 9.97 Å². The second-order valence-corrected chi connectivity index (χ2v) is 4.65. The third kappa shape index (κ3) is 1.86. The minimum absolute atomic E-state index is 0.0795. The molecule has 4 aromatic rings. The van der Waals surface area contributed by atoms with Crippen LogP contribution in [-0.2, 0) is 0 Å². The molecule has 21 heavy (non-hydrogen) atoms. The van der Waals surface area contributed by atoms with Crippen molar-refractivity contribution in [3.8, 4) is 11.1 Å². The van der Waals surface area contributed by atoms with E-state index in [1.165, 1.54) is 0 Å². The van der Waals surface area contributed by atoms with E-state index in [2.05, 4.69) is 9.97 Å². The normalized spacial score (nSPS) is 11.3. The van der Waals surface area contributed by atoms with Crippen molar-refractivity contribution >= 4 is 22.1 Å². The summed E-state index contributed by atoms with van der Waals surface area (Å²) in [7, 11) is 0. The largest absolute Gasteiger partial charge is 0.449 e. The fourth-order valence-corrected chi connectivity index (χ4v) is 2.37. The smallest absolute Gasteiger partial charge is 0.259 e. The Morgan fingerprint density at radius 2 is 1.76 bits per heavy atom. The zero-order valence-corrected chi connectivity index (χ0v) is 10.7. The zero-order chi connectivity index (χ0) is 14.4. The van der Waals surface area contributed by atoms with Crippen molar-refractivity contribution in [2.45, 2.75) is 0 Å². The van der Waals surface area contributed by atoms with Crippen LogP contribution in [0.2, 0.25) is 0 Å². The Labute approximate surface area is 117 Å². The second kappa shape index (κ2) is 4.34. The summed E-state index contributed by atoms with van der Waals surface area (Å²) >= 11 is 0. The highest BCUT2D eigenvalue weighted by Gasteiger charge is 2.15. The molecule has 1 aromatic carbocycles. The minimum atomic E-state index is -0.968. The Balaban J connectivity index is 2.01. The second-order valence-electron chi connectivity index (χ2n) is 4.65. The van der Waals surface area contributed by atoms with E-state index >= 15 is 0 Å². The van der Waals surface area contributed by atoms with E-state index in [4.69, 9.17) is 4.42 Å². The van der Waals surface area contributed by atoms with Gasteiger partial charge in [-0.05, 0) is 11.6 Å². The van der Waals surface area contributed by atoms with Crippen molar-refractivity contribution in [3.05, 3.63) is 60.6 Å². The standard InChI is InChI=1S/C16H8F2N2O/c17-13-7-11-14-12(21-15(11)16(18)20-13)6-10(8-19-14)9-4-2-1-3-5-9/h1-8H. The van der Waals surface area contributed by atoms with E-state index in [9.17, 15) is 8.78 Å². The molecule has 3 heterocycles. The lowest BCUT2D eigenvalue weighted by Crippen LogP contribution is -1.87. The lowest BCUT2D eigenvalue weighted by Gasteiger charge is -1.99. The van der Waals surface area contributed by atoms with Gasteiger partial charge in [0.1, 0.15) is 5.52 Å². The molecule has 0 unspecified atom stereocenters. The molecule has 3 nitrogen and oxygen atoms in total. The van der Waals surface area contributed by atoms with Gasteiger partial charge >= 0.3 is 0 Å². The molecule has 0 N–H and O–H groups in total. The summed E-state index contributed by atoms with van der Waals surface area (Å²) in [5.74, 6) is -1.86. The number of hydrogen-bond donors (Lipinski definition) is 0. The molecular weight excluding hydrogens is 274 g/mol. The predicted molar refractivity (Wildman–Crippen MR) is 74.7 cm³/mol. The Morgan fingerprint density at radius 3 is 2.57 bits per heavy atom. The van der Waals surface area contributed by atoms with Crippen molar-refractivity contribution in [3.63, 3.8) is 0 Å². The number of pyridine rings is 2. The van der Waals surface area contributed by atoms with Gasteiger partial charge in [-0.25, -0.2) is 0 Å². The van der Waals surface area contributed by atoms with E-state index in [0.29, 0.717) is 11.1 Å². The number of benzene rings is 1. The molecule has 3 aromatic heterocycles. The van der Waals surface area contributed by atoms with Gasteiger partial charge in [-0.2, -0.15) is 13.8 Å². The van der Waals surface area contributed by atoms with Crippen molar-refractivity contribution in [2.24, 2.45) is 0 Å².